The number of amides is 1. The highest BCUT2D eigenvalue weighted by atomic mass is 32.1. The standard InChI is InChI=1S/C15H20N2O3S/c1-2-6-19-8-11-3-4-13-14(11)20-7-5-17(13)15(18)12-9-21-10-16-12/h2,9-11,13-14H,1,3-8H2/t11-,13-,14-/m0/s1. The first-order valence-corrected chi connectivity index (χ1v) is 8.25. The lowest BCUT2D eigenvalue weighted by molar-refractivity contribution is -0.0739. The van der Waals surface area contributed by atoms with Crippen molar-refractivity contribution in [1.29, 1.82) is 0 Å². The zero-order valence-corrected chi connectivity index (χ0v) is 12.8. The first-order valence-electron chi connectivity index (χ1n) is 7.30. The third-order valence-electron chi connectivity index (χ3n) is 4.20. The Morgan fingerprint density at radius 3 is 3.29 bits per heavy atom. The molecule has 21 heavy (non-hydrogen) atoms. The Labute approximate surface area is 128 Å². The normalized spacial score (nSPS) is 28.4. The minimum Gasteiger partial charge on any atom is -0.377 e. The number of carbonyl (C=O) groups is 1. The molecule has 2 aliphatic rings. The summed E-state index contributed by atoms with van der Waals surface area (Å²) in [5.41, 5.74) is 2.25. The van der Waals surface area contributed by atoms with Gasteiger partial charge in [0.15, 0.2) is 0 Å². The number of carbonyl (C=O) groups excluding carboxylic acids is 1. The highest BCUT2D eigenvalue weighted by Crippen LogP contribution is 2.35. The smallest absolute Gasteiger partial charge is 0.273 e. The summed E-state index contributed by atoms with van der Waals surface area (Å²) < 4.78 is 11.5. The van der Waals surface area contributed by atoms with Crippen LogP contribution in [0.2, 0.25) is 0 Å². The minimum atomic E-state index is 0.0298. The Morgan fingerprint density at radius 1 is 1.62 bits per heavy atom. The molecule has 1 aromatic heterocycles. The highest BCUT2D eigenvalue weighted by molar-refractivity contribution is 7.07. The molecule has 0 aromatic carbocycles. The molecule has 5 nitrogen and oxygen atoms in total. The summed E-state index contributed by atoms with van der Waals surface area (Å²) in [6, 6.07) is 0.158. The van der Waals surface area contributed by atoms with Crippen LogP contribution in [0.1, 0.15) is 23.3 Å². The van der Waals surface area contributed by atoms with E-state index >= 15 is 0 Å². The first kappa shape index (κ1) is 14.7. The fraction of sp³-hybridized carbons (Fsp3) is 0.600. The topological polar surface area (TPSA) is 51.7 Å². The molecular weight excluding hydrogens is 288 g/mol. The molecule has 1 aromatic rings. The fourth-order valence-corrected chi connectivity index (χ4v) is 3.79. The number of fused-ring (bicyclic) bond motifs is 1. The maximum Gasteiger partial charge on any atom is 0.273 e. The molecule has 2 heterocycles. The van der Waals surface area contributed by atoms with Gasteiger partial charge in [0.1, 0.15) is 5.69 Å². The van der Waals surface area contributed by atoms with Gasteiger partial charge in [-0.25, -0.2) is 4.98 Å². The van der Waals surface area contributed by atoms with Crippen LogP contribution >= 0.6 is 11.3 Å². The number of hydrogen-bond donors (Lipinski definition) is 0. The van der Waals surface area contributed by atoms with Crippen molar-refractivity contribution < 1.29 is 14.3 Å². The van der Waals surface area contributed by atoms with Crippen molar-refractivity contribution >= 4 is 17.2 Å². The van der Waals surface area contributed by atoms with Gasteiger partial charge in [0.25, 0.3) is 5.91 Å². The zero-order chi connectivity index (χ0) is 14.7. The van der Waals surface area contributed by atoms with Crippen LogP contribution in [0.25, 0.3) is 0 Å². The van der Waals surface area contributed by atoms with Crippen molar-refractivity contribution in [1.82, 2.24) is 9.88 Å². The van der Waals surface area contributed by atoms with E-state index in [-0.39, 0.29) is 18.1 Å². The van der Waals surface area contributed by atoms with Gasteiger partial charge in [0.2, 0.25) is 0 Å². The van der Waals surface area contributed by atoms with Crippen molar-refractivity contribution in [2.75, 3.05) is 26.4 Å². The van der Waals surface area contributed by atoms with E-state index in [0.717, 1.165) is 12.8 Å². The van der Waals surface area contributed by atoms with Gasteiger partial charge >= 0.3 is 0 Å². The third-order valence-corrected chi connectivity index (χ3v) is 4.79. The summed E-state index contributed by atoms with van der Waals surface area (Å²) >= 11 is 1.45. The van der Waals surface area contributed by atoms with Crippen LogP contribution < -0.4 is 0 Å². The maximum atomic E-state index is 12.5. The molecule has 1 amide bonds. The van der Waals surface area contributed by atoms with Gasteiger partial charge < -0.3 is 14.4 Å². The lowest BCUT2D eigenvalue weighted by Gasteiger charge is -2.39. The molecule has 1 aliphatic heterocycles. The van der Waals surface area contributed by atoms with E-state index in [1.54, 1.807) is 11.6 Å². The SMILES string of the molecule is C=CCOC[C@@H]1CC[C@H]2[C@H]1OCCN2C(=O)c1cscn1. The van der Waals surface area contributed by atoms with Crippen molar-refractivity contribution in [3.8, 4) is 0 Å². The van der Waals surface area contributed by atoms with Crippen LogP contribution in [-0.2, 0) is 9.47 Å². The second-order valence-electron chi connectivity index (χ2n) is 5.44. The summed E-state index contributed by atoms with van der Waals surface area (Å²) in [5.74, 6) is 0.392. The van der Waals surface area contributed by atoms with Gasteiger partial charge in [-0.15, -0.1) is 17.9 Å². The number of ether oxygens (including phenoxy) is 2. The van der Waals surface area contributed by atoms with Gasteiger partial charge in [-0.2, -0.15) is 0 Å². The van der Waals surface area contributed by atoms with E-state index in [1.807, 2.05) is 10.3 Å². The molecule has 3 atom stereocenters. The van der Waals surface area contributed by atoms with Crippen molar-refractivity contribution in [2.24, 2.45) is 5.92 Å². The lowest BCUT2D eigenvalue weighted by Crippen LogP contribution is -2.53. The highest BCUT2D eigenvalue weighted by Gasteiger charge is 2.44. The van der Waals surface area contributed by atoms with E-state index < -0.39 is 0 Å². The summed E-state index contributed by atoms with van der Waals surface area (Å²) in [7, 11) is 0. The molecule has 0 unspecified atom stereocenters. The van der Waals surface area contributed by atoms with Crippen LogP contribution in [-0.4, -0.2) is 54.3 Å². The van der Waals surface area contributed by atoms with Crippen molar-refractivity contribution in [2.45, 2.75) is 25.0 Å². The minimum absolute atomic E-state index is 0.0298. The van der Waals surface area contributed by atoms with E-state index in [0.29, 0.717) is 38.0 Å². The molecule has 3 rings (SSSR count). The second-order valence-corrected chi connectivity index (χ2v) is 6.16. The van der Waals surface area contributed by atoms with Crippen LogP contribution in [0.15, 0.2) is 23.5 Å². The molecule has 0 spiro atoms. The van der Waals surface area contributed by atoms with Crippen molar-refractivity contribution in [3.63, 3.8) is 0 Å². The van der Waals surface area contributed by atoms with Crippen LogP contribution in [0.3, 0.4) is 0 Å². The number of nitrogens with zero attached hydrogens (tertiary/aromatic N) is 2. The van der Waals surface area contributed by atoms with Crippen molar-refractivity contribution in [3.05, 3.63) is 29.2 Å². The molecular formula is C15H20N2O3S. The monoisotopic (exact) mass is 308 g/mol. The second kappa shape index (κ2) is 6.68. The lowest BCUT2D eigenvalue weighted by atomic mass is 10.0. The average Bonchev–Trinajstić information content (AvgIpc) is 3.16. The zero-order valence-electron chi connectivity index (χ0n) is 11.9. The summed E-state index contributed by atoms with van der Waals surface area (Å²) in [5, 5.41) is 1.81. The molecule has 2 fully saturated rings. The van der Waals surface area contributed by atoms with Gasteiger partial charge in [-0.3, -0.25) is 4.79 Å². The van der Waals surface area contributed by atoms with Gasteiger partial charge in [-0.1, -0.05) is 6.08 Å². The Hall–Kier alpha value is -1.24. The average molecular weight is 308 g/mol. The Bertz CT molecular complexity index is 491. The summed E-state index contributed by atoms with van der Waals surface area (Å²) in [6.45, 7) is 6.14. The molecule has 1 aliphatic carbocycles. The number of morpholine rings is 1. The predicted octanol–water partition coefficient (Wildman–Crippen LogP) is 1.97. The van der Waals surface area contributed by atoms with E-state index in [4.69, 9.17) is 9.47 Å². The molecule has 6 heteroatoms. The molecule has 0 radical (unpaired) electrons. The summed E-state index contributed by atoms with van der Waals surface area (Å²) in [4.78, 5) is 18.6. The van der Waals surface area contributed by atoms with E-state index in [2.05, 4.69) is 11.6 Å². The van der Waals surface area contributed by atoms with Crippen LogP contribution in [0.4, 0.5) is 0 Å². The van der Waals surface area contributed by atoms with Gasteiger partial charge in [-0.05, 0) is 12.8 Å². The molecule has 0 bridgehead atoms. The Morgan fingerprint density at radius 2 is 2.52 bits per heavy atom. The Kier molecular flexibility index (Phi) is 4.67. The predicted molar refractivity (Wildman–Crippen MR) is 80.4 cm³/mol. The third kappa shape index (κ3) is 3.02. The Balaban J connectivity index is 1.66. The van der Waals surface area contributed by atoms with E-state index in [1.165, 1.54) is 11.3 Å². The fourth-order valence-electron chi connectivity index (χ4n) is 3.26. The first-order chi connectivity index (χ1) is 10.3. The van der Waals surface area contributed by atoms with E-state index in [9.17, 15) is 4.79 Å². The van der Waals surface area contributed by atoms with Gasteiger partial charge in [0, 0.05) is 17.8 Å². The number of thiazole rings is 1. The number of rotatable bonds is 5. The largest absolute Gasteiger partial charge is 0.377 e. The molecule has 114 valence electrons. The van der Waals surface area contributed by atoms with Gasteiger partial charge in [0.05, 0.1) is 37.5 Å². The number of aromatic nitrogens is 1. The molecule has 1 saturated carbocycles. The quantitative estimate of drug-likeness (QED) is 0.616. The van der Waals surface area contributed by atoms with Crippen LogP contribution in [0.5, 0.6) is 0 Å². The maximum absolute atomic E-state index is 12.5. The number of hydrogen-bond acceptors (Lipinski definition) is 5. The summed E-state index contributed by atoms with van der Waals surface area (Å²) in [6.07, 6.45) is 3.86. The van der Waals surface area contributed by atoms with Crippen LogP contribution in [0, 0.1) is 5.92 Å². The molecule has 0 N–H and O–H groups in total. The molecule has 1 saturated heterocycles.